The standard InChI is InChI=1S/C18H20N2O3/c1-13(19)17(21)20-16(12-14-8-4-2-5-9-14)18(22)23-15-10-6-3-7-11-15/h2-11,13,16H,12,19H2,1H3,(H,20,21)/t13-,16-/m0/s1. The highest BCUT2D eigenvalue weighted by atomic mass is 16.5. The largest absolute Gasteiger partial charge is 0.425 e. The summed E-state index contributed by atoms with van der Waals surface area (Å²) in [6.07, 6.45) is 0.338. The van der Waals surface area contributed by atoms with Crippen LogP contribution in [-0.2, 0) is 16.0 Å². The highest BCUT2D eigenvalue weighted by molar-refractivity contribution is 5.88. The summed E-state index contributed by atoms with van der Waals surface area (Å²) >= 11 is 0. The lowest BCUT2D eigenvalue weighted by Crippen LogP contribution is -2.49. The number of amides is 1. The van der Waals surface area contributed by atoms with Crippen LogP contribution in [-0.4, -0.2) is 24.0 Å². The Hall–Kier alpha value is -2.66. The predicted molar refractivity (Wildman–Crippen MR) is 87.8 cm³/mol. The monoisotopic (exact) mass is 312 g/mol. The molecule has 0 aliphatic rings. The van der Waals surface area contributed by atoms with Gasteiger partial charge in [-0.2, -0.15) is 0 Å². The molecule has 2 rings (SSSR count). The molecular formula is C18H20N2O3. The van der Waals surface area contributed by atoms with E-state index < -0.39 is 24.0 Å². The van der Waals surface area contributed by atoms with Crippen LogP contribution in [0.1, 0.15) is 12.5 Å². The zero-order chi connectivity index (χ0) is 16.7. The van der Waals surface area contributed by atoms with Crippen LogP contribution in [0.4, 0.5) is 0 Å². The third kappa shape index (κ3) is 5.23. The van der Waals surface area contributed by atoms with Crippen molar-refractivity contribution >= 4 is 11.9 Å². The van der Waals surface area contributed by atoms with E-state index in [1.807, 2.05) is 36.4 Å². The van der Waals surface area contributed by atoms with E-state index in [4.69, 9.17) is 10.5 Å². The van der Waals surface area contributed by atoms with Gasteiger partial charge < -0.3 is 15.8 Å². The molecule has 23 heavy (non-hydrogen) atoms. The van der Waals surface area contributed by atoms with Gasteiger partial charge in [-0.1, -0.05) is 48.5 Å². The van der Waals surface area contributed by atoms with Crippen LogP contribution in [0.25, 0.3) is 0 Å². The second kappa shape index (κ2) is 8.10. The van der Waals surface area contributed by atoms with Gasteiger partial charge in [0.05, 0.1) is 6.04 Å². The van der Waals surface area contributed by atoms with E-state index in [0.717, 1.165) is 5.56 Å². The van der Waals surface area contributed by atoms with E-state index in [0.29, 0.717) is 12.2 Å². The quantitative estimate of drug-likeness (QED) is 0.628. The van der Waals surface area contributed by atoms with Crippen molar-refractivity contribution in [3.05, 3.63) is 66.2 Å². The van der Waals surface area contributed by atoms with Crippen molar-refractivity contribution < 1.29 is 14.3 Å². The topological polar surface area (TPSA) is 81.4 Å². The number of hydrogen-bond acceptors (Lipinski definition) is 4. The van der Waals surface area contributed by atoms with Crippen LogP contribution in [0.5, 0.6) is 5.75 Å². The van der Waals surface area contributed by atoms with E-state index >= 15 is 0 Å². The summed E-state index contributed by atoms with van der Waals surface area (Å²) in [4.78, 5) is 24.3. The Morgan fingerprint density at radius 3 is 2.17 bits per heavy atom. The number of hydrogen-bond donors (Lipinski definition) is 2. The molecule has 0 fully saturated rings. The molecular weight excluding hydrogens is 292 g/mol. The fourth-order valence-electron chi connectivity index (χ4n) is 2.02. The SMILES string of the molecule is C[C@H](N)C(=O)N[C@@H](Cc1ccccc1)C(=O)Oc1ccccc1. The van der Waals surface area contributed by atoms with Crippen LogP contribution < -0.4 is 15.8 Å². The highest BCUT2D eigenvalue weighted by Crippen LogP contribution is 2.11. The number of carbonyl (C=O) groups is 2. The Morgan fingerprint density at radius 2 is 1.61 bits per heavy atom. The smallest absolute Gasteiger partial charge is 0.334 e. The molecule has 5 heteroatoms. The predicted octanol–water partition coefficient (Wildman–Crippen LogP) is 1.67. The molecule has 0 unspecified atom stereocenters. The van der Waals surface area contributed by atoms with Crippen molar-refractivity contribution in [3.8, 4) is 5.75 Å². The van der Waals surface area contributed by atoms with Crippen molar-refractivity contribution in [1.82, 2.24) is 5.32 Å². The maximum absolute atomic E-state index is 12.4. The molecule has 0 spiro atoms. The average Bonchev–Trinajstić information content (AvgIpc) is 2.56. The molecule has 2 atom stereocenters. The summed E-state index contributed by atoms with van der Waals surface area (Å²) in [7, 11) is 0. The Kier molecular flexibility index (Phi) is 5.88. The number of benzene rings is 2. The van der Waals surface area contributed by atoms with Crippen LogP contribution in [0.2, 0.25) is 0 Å². The summed E-state index contributed by atoms with van der Waals surface area (Å²) in [5.74, 6) is -0.476. The average molecular weight is 312 g/mol. The number of para-hydroxylation sites is 1. The first kappa shape index (κ1) is 16.7. The molecule has 120 valence electrons. The first-order chi connectivity index (χ1) is 11.1. The zero-order valence-corrected chi connectivity index (χ0v) is 12.9. The lowest BCUT2D eigenvalue weighted by atomic mass is 10.1. The highest BCUT2D eigenvalue weighted by Gasteiger charge is 2.24. The minimum absolute atomic E-state index is 0.338. The van der Waals surface area contributed by atoms with Gasteiger partial charge in [0, 0.05) is 6.42 Å². The van der Waals surface area contributed by atoms with Crippen molar-refractivity contribution in [2.45, 2.75) is 25.4 Å². The second-order valence-electron chi connectivity index (χ2n) is 5.27. The van der Waals surface area contributed by atoms with Crippen LogP contribution in [0.15, 0.2) is 60.7 Å². The molecule has 0 aromatic heterocycles. The lowest BCUT2D eigenvalue weighted by molar-refractivity contribution is -0.139. The van der Waals surface area contributed by atoms with E-state index in [1.54, 1.807) is 31.2 Å². The van der Waals surface area contributed by atoms with Gasteiger partial charge in [-0.25, -0.2) is 4.79 Å². The molecule has 3 N–H and O–H groups in total. The Morgan fingerprint density at radius 1 is 1.04 bits per heavy atom. The zero-order valence-electron chi connectivity index (χ0n) is 12.9. The second-order valence-corrected chi connectivity index (χ2v) is 5.27. The first-order valence-corrected chi connectivity index (χ1v) is 7.43. The van der Waals surface area contributed by atoms with Gasteiger partial charge in [-0.3, -0.25) is 4.79 Å². The van der Waals surface area contributed by atoms with Gasteiger partial charge in [0.2, 0.25) is 5.91 Å². The third-order valence-electron chi connectivity index (χ3n) is 3.26. The maximum Gasteiger partial charge on any atom is 0.334 e. The summed E-state index contributed by atoms with van der Waals surface area (Å²) in [5, 5.41) is 2.65. The summed E-state index contributed by atoms with van der Waals surface area (Å²) in [6.45, 7) is 1.57. The normalized spacial score (nSPS) is 13.0. The van der Waals surface area contributed by atoms with E-state index in [2.05, 4.69) is 5.32 Å². The van der Waals surface area contributed by atoms with E-state index in [1.165, 1.54) is 0 Å². The van der Waals surface area contributed by atoms with Gasteiger partial charge in [0.15, 0.2) is 0 Å². The van der Waals surface area contributed by atoms with Crippen molar-refractivity contribution in [1.29, 1.82) is 0 Å². The Bertz CT molecular complexity index is 642. The van der Waals surface area contributed by atoms with Crippen LogP contribution in [0.3, 0.4) is 0 Å². The molecule has 0 saturated heterocycles. The molecule has 2 aromatic rings. The fraction of sp³-hybridized carbons (Fsp3) is 0.222. The Labute approximate surface area is 135 Å². The van der Waals surface area contributed by atoms with E-state index in [9.17, 15) is 9.59 Å². The van der Waals surface area contributed by atoms with Crippen molar-refractivity contribution in [3.63, 3.8) is 0 Å². The summed E-state index contributed by atoms with van der Waals surface area (Å²) in [5.41, 5.74) is 6.49. The minimum atomic E-state index is -0.795. The summed E-state index contributed by atoms with van der Waals surface area (Å²) in [6, 6.07) is 16.7. The molecule has 0 bridgehead atoms. The number of carbonyl (C=O) groups excluding carboxylic acids is 2. The molecule has 0 aliphatic carbocycles. The molecule has 0 heterocycles. The molecule has 0 radical (unpaired) electrons. The molecule has 0 saturated carbocycles. The molecule has 1 amide bonds. The third-order valence-corrected chi connectivity index (χ3v) is 3.26. The maximum atomic E-state index is 12.4. The number of ether oxygens (including phenoxy) is 1. The molecule has 5 nitrogen and oxygen atoms in total. The van der Waals surface area contributed by atoms with Crippen LogP contribution >= 0.6 is 0 Å². The lowest BCUT2D eigenvalue weighted by Gasteiger charge is -2.19. The number of rotatable bonds is 6. The minimum Gasteiger partial charge on any atom is -0.425 e. The molecule has 2 aromatic carbocycles. The Balaban J connectivity index is 2.11. The van der Waals surface area contributed by atoms with Gasteiger partial charge in [-0.15, -0.1) is 0 Å². The fourth-order valence-corrected chi connectivity index (χ4v) is 2.02. The van der Waals surface area contributed by atoms with Crippen molar-refractivity contribution in [2.24, 2.45) is 5.73 Å². The molecule has 0 aliphatic heterocycles. The van der Waals surface area contributed by atoms with E-state index in [-0.39, 0.29) is 0 Å². The van der Waals surface area contributed by atoms with Gasteiger partial charge in [-0.05, 0) is 24.6 Å². The van der Waals surface area contributed by atoms with Gasteiger partial charge >= 0.3 is 5.97 Å². The van der Waals surface area contributed by atoms with Crippen LogP contribution in [0, 0.1) is 0 Å². The first-order valence-electron chi connectivity index (χ1n) is 7.43. The summed E-state index contributed by atoms with van der Waals surface area (Å²) < 4.78 is 5.33. The number of nitrogens with one attached hydrogen (secondary N) is 1. The number of esters is 1. The van der Waals surface area contributed by atoms with Gasteiger partial charge in [0.1, 0.15) is 11.8 Å². The number of nitrogens with two attached hydrogens (primary N) is 1. The van der Waals surface area contributed by atoms with Crippen molar-refractivity contribution in [2.75, 3.05) is 0 Å². The van der Waals surface area contributed by atoms with Gasteiger partial charge in [0.25, 0.3) is 0 Å².